The molecule has 9 heteroatoms. The second kappa shape index (κ2) is 10.5. The summed E-state index contributed by atoms with van der Waals surface area (Å²) in [6.45, 7) is 0. The lowest BCUT2D eigenvalue weighted by Crippen LogP contribution is -2.17. The maximum atomic E-state index is 10.9. The van der Waals surface area contributed by atoms with Gasteiger partial charge in [-0.2, -0.15) is 0 Å². The zero-order valence-electron chi connectivity index (χ0n) is 14.0. The Labute approximate surface area is 158 Å². The van der Waals surface area contributed by atoms with Crippen molar-refractivity contribution in [3.8, 4) is 5.75 Å². The molecule has 1 aromatic carbocycles. The predicted octanol–water partition coefficient (Wildman–Crippen LogP) is 3.59. The van der Waals surface area contributed by atoms with Gasteiger partial charge in [0.1, 0.15) is 5.75 Å². The standard InChI is InChI=1S/C16H23BrN2O5S/c1-22-16-12(7-6-8-13(16)17)11-15-19-25(24-23-15)10-5-3-2-4-9-14(20)18-21/h6-8,11,19,21,25H,2-5,9-10H2,1H3,(H,18,20)/b15-11-. The molecule has 3 N–H and O–H groups in total. The predicted molar refractivity (Wildman–Crippen MR) is 101 cm³/mol. The van der Waals surface area contributed by atoms with Crippen LogP contribution in [0.15, 0.2) is 28.6 Å². The minimum Gasteiger partial charge on any atom is -0.495 e. The van der Waals surface area contributed by atoms with Crippen LogP contribution in [0.4, 0.5) is 0 Å². The SMILES string of the molecule is COc1c(Br)cccc1/C=C1/N[SH](CCCCCCC(=O)NO)OO1. The maximum absolute atomic E-state index is 10.9. The number of amides is 1. The Bertz CT molecular complexity index is 614. The third-order valence-corrected chi connectivity index (χ3v) is 5.65. The zero-order valence-corrected chi connectivity index (χ0v) is 16.4. The Hall–Kier alpha value is -1.42. The van der Waals surface area contributed by atoms with E-state index in [9.17, 15) is 4.79 Å². The summed E-state index contributed by atoms with van der Waals surface area (Å²) in [5.74, 6) is 1.84. The van der Waals surface area contributed by atoms with Gasteiger partial charge in [0.05, 0.1) is 11.6 Å². The van der Waals surface area contributed by atoms with Crippen molar-refractivity contribution in [1.29, 1.82) is 0 Å². The Morgan fingerprint density at radius 1 is 1.40 bits per heavy atom. The molecule has 1 unspecified atom stereocenters. The number of rotatable bonds is 9. The van der Waals surface area contributed by atoms with Crippen LogP contribution in [0.5, 0.6) is 5.75 Å². The third-order valence-electron chi connectivity index (χ3n) is 3.58. The summed E-state index contributed by atoms with van der Waals surface area (Å²) in [4.78, 5) is 16.1. The van der Waals surface area contributed by atoms with Crippen molar-refractivity contribution >= 4 is 39.3 Å². The Morgan fingerprint density at radius 3 is 2.96 bits per heavy atom. The van der Waals surface area contributed by atoms with Gasteiger partial charge in [-0.3, -0.25) is 14.7 Å². The van der Waals surface area contributed by atoms with Gasteiger partial charge in [0.25, 0.3) is 0 Å². The average molecular weight is 435 g/mol. The first-order valence-electron chi connectivity index (χ1n) is 8.00. The van der Waals surface area contributed by atoms with Crippen molar-refractivity contribution in [3.63, 3.8) is 0 Å². The van der Waals surface area contributed by atoms with Crippen molar-refractivity contribution in [3.05, 3.63) is 34.1 Å². The molecule has 0 aliphatic carbocycles. The van der Waals surface area contributed by atoms with Gasteiger partial charge in [0.2, 0.25) is 11.8 Å². The fourth-order valence-corrected chi connectivity index (χ4v) is 4.14. The first-order valence-corrected chi connectivity index (χ1v) is 10.2. The molecule has 1 atom stereocenters. The van der Waals surface area contributed by atoms with Crippen LogP contribution in [0.1, 0.15) is 37.7 Å². The van der Waals surface area contributed by atoms with E-state index >= 15 is 0 Å². The molecule has 0 saturated carbocycles. The van der Waals surface area contributed by atoms with Gasteiger partial charge in [-0.05, 0) is 46.2 Å². The summed E-state index contributed by atoms with van der Waals surface area (Å²) in [5.41, 5.74) is 2.53. The van der Waals surface area contributed by atoms with Crippen LogP contribution in [-0.2, 0) is 14.0 Å². The molecular formula is C16H23BrN2O5S. The highest BCUT2D eigenvalue weighted by atomic mass is 79.9. The Morgan fingerprint density at radius 2 is 2.20 bits per heavy atom. The summed E-state index contributed by atoms with van der Waals surface area (Å²) in [6.07, 6.45) is 5.89. The number of thiol groups is 1. The lowest BCUT2D eigenvalue weighted by Gasteiger charge is -2.10. The van der Waals surface area contributed by atoms with Crippen LogP contribution in [-0.4, -0.2) is 24.0 Å². The summed E-state index contributed by atoms with van der Waals surface area (Å²) >= 11 is 2.60. The highest BCUT2D eigenvalue weighted by molar-refractivity contribution is 9.10. The topological polar surface area (TPSA) is 89.1 Å². The second-order valence-corrected chi connectivity index (χ2v) is 7.87. The van der Waals surface area contributed by atoms with E-state index in [1.54, 1.807) is 12.6 Å². The molecular weight excluding hydrogens is 412 g/mol. The summed E-state index contributed by atoms with van der Waals surface area (Å²) in [6, 6.07) is 5.77. The lowest BCUT2D eigenvalue weighted by atomic mass is 10.1. The number of unbranched alkanes of at least 4 members (excludes halogenated alkanes) is 3. The van der Waals surface area contributed by atoms with Crippen LogP contribution in [0.25, 0.3) is 6.08 Å². The third kappa shape index (κ3) is 6.43. The van der Waals surface area contributed by atoms with E-state index in [4.69, 9.17) is 19.2 Å². The Balaban J connectivity index is 1.73. The quantitative estimate of drug-likeness (QED) is 0.156. The van der Waals surface area contributed by atoms with Crippen LogP contribution >= 0.6 is 27.3 Å². The molecule has 1 amide bonds. The largest absolute Gasteiger partial charge is 0.495 e. The first kappa shape index (κ1) is 19.9. The van der Waals surface area contributed by atoms with E-state index in [2.05, 4.69) is 20.7 Å². The number of halogens is 1. The highest BCUT2D eigenvalue weighted by Crippen LogP contribution is 2.36. The van der Waals surface area contributed by atoms with E-state index in [0.717, 1.165) is 47.2 Å². The molecule has 0 radical (unpaired) electrons. The zero-order chi connectivity index (χ0) is 18.1. The van der Waals surface area contributed by atoms with Gasteiger partial charge < -0.3 is 9.62 Å². The van der Waals surface area contributed by atoms with Gasteiger partial charge in [-0.25, -0.2) is 5.48 Å². The van der Waals surface area contributed by atoms with Crippen molar-refractivity contribution in [2.24, 2.45) is 0 Å². The molecule has 2 rings (SSSR count). The maximum Gasteiger partial charge on any atom is 0.243 e. The minimum atomic E-state index is -0.851. The molecule has 140 valence electrons. The first-order chi connectivity index (χ1) is 12.1. The van der Waals surface area contributed by atoms with Gasteiger partial charge in [0, 0.05) is 23.8 Å². The molecule has 0 aromatic heterocycles. The monoisotopic (exact) mass is 434 g/mol. The number of benzene rings is 1. The highest BCUT2D eigenvalue weighted by Gasteiger charge is 2.18. The van der Waals surface area contributed by atoms with Crippen LogP contribution < -0.4 is 14.9 Å². The summed E-state index contributed by atoms with van der Waals surface area (Å²) in [5, 5.41) is 8.41. The molecule has 1 fully saturated rings. The van der Waals surface area contributed by atoms with Crippen molar-refractivity contribution in [2.75, 3.05) is 12.9 Å². The number of para-hydroxylation sites is 1. The number of ether oxygens (including phenoxy) is 1. The summed E-state index contributed by atoms with van der Waals surface area (Å²) < 4.78 is 14.8. The van der Waals surface area contributed by atoms with E-state index < -0.39 is 11.4 Å². The van der Waals surface area contributed by atoms with Crippen LogP contribution in [0.3, 0.4) is 0 Å². The molecule has 0 spiro atoms. The van der Waals surface area contributed by atoms with Crippen molar-refractivity contribution in [1.82, 2.24) is 10.2 Å². The molecule has 1 saturated heterocycles. The Kier molecular flexibility index (Phi) is 8.39. The second-order valence-electron chi connectivity index (χ2n) is 5.44. The molecule has 0 bridgehead atoms. The smallest absolute Gasteiger partial charge is 0.243 e. The fourth-order valence-electron chi connectivity index (χ4n) is 2.34. The lowest BCUT2D eigenvalue weighted by molar-refractivity contribution is -0.135. The number of hydrogen-bond acceptors (Lipinski definition) is 6. The molecule has 1 aliphatic heterocycles. The van der Waals surface area contributed by atoms with Gasteiger partial charge in [0.15, 0.2) is 0 Å². The van der Waals surface area contributed by atoms with Crippen LogP contribution in [0, 0.1) is 0 Å². The number of nitrogens with one attached hydrogen (secondary N) is 2. The van der Waals surface area contributed by atoms with Gasteiger partial charge in [-0.15, -0.1) is 4.33 Å². The van der Waals surface area contributed by atoms with E-state index in [1.807, 2.05) is 24.3 Å². The number of methoxy groups -OCH3 is 1. The number of hydrogen-bond donors (Lipinski definition) is 4. The van der Waals surface area contributed by atoms with E-state index in [1.165, 1.54) is 0 Å². The summed E-state index contributed by atoms with van der Waals surface area (Å²) in [7, 11) is 1.62. The van der Waals surface area contributed by atoms with Gasteiger partial charge in [-0.1, -0.05) is 25.0 Å². The van der Waals surface area contributed by atoms with Crippen molar-refractivity contribution < 1.29 is 24.0 Å². The van der Waals surface area contributed by atoms with Gasteiger partial charge >= 0.3 is 0 Å². The normalized spacial score (nSPS) is 19.3. The molecule has 25 heavy (non-hydrogen) atoms. The molecule has 7 nitrogen and oxygen atoms in total. The number of carbonyl (C=O) groups excluding carboxylic acids is 1. The minimum absolute atomic E-state index is 0.337. The number of hydroxylamine groups is 1. The van der Waals surface area contributed by atoms with E-state index in [0.29, 0.717) is 12.3 Å². The molecule has 1 aliphatic rings. The van der Waals surface area contributed by atoms with E-state index in [-0.39, 0.29) is 5.91 Å². The van der Waals surface area contributed by atoms with Crippen molar-refractivity contribution in [2.45, 2.75) is 32.1 Å². The number of carbonyl (C=O) groups is 1. The fraction of sp³-hybridized carbons (Fsp3) is 0.438. The average Bonchev–Trinajstić information content (AvgIpc) is 3.05. The molecule has 1 heterocycles. The van der Waals surface area contributed by atoms with Crippen LogP contribution in [0.2, 0.25) is 0 Å². The molecule has 1 aromatic rings.